The fourth-order valence-electron chi connectivity index (χ4n) is 9.06. The summed E-state index contributed by atoms with van der Waals surface area (Å²) in [5.74, 6) is 0. The zero-order valence-electron chi connectivity index (χ0n) is 30.9. The zero-order chi connectivity index (χ0) is 37.5. The van der Waals surface area contributed by atoms with Gasteiger partial charge < -0.3 is 9.13 Å². The number of rotatable bonds is 5. The first-order chi connectivity index (χ1) is 28.3. The van der Waals surface area contributed by atoms with Crippen molar-refractivity contribution in [2.24, 2.45) is 0 Å². The van der Waals surface area contributed by atoms with E-state index in [0.29, 0.717) is 0 Å². The van der Waals surface area contributed by atoms with Gasteiger partial charge in [-0.05, 0) is 94.0 Å². The first-order valence-electron chi connectivity index (χ1n) is 19.5. The molecule has 0 N–H and O–H groups in total. The molecule has 3 aromatic heterocycles. The molecule has 12 aromatic rings. The normalized spacial score (nSPS) is 11.9. The molecule has 0 saturated carbocycles. The lowest BCUT2D eigenvalue weighted by atomic mass is 10.00. The second-order valence-electron chi connectivity index (χ2n) is 14.9. The lowest BCUT2D eigenvalue weighted by molar-refractivity contribution is 1.18. The molecule has 0 unspecified atom stereocenters. The van der Waals surface area contributed by atoms with E-state index in [1.165, 1.54) is 103 Å². The lowest BCUT2D eigenvalue weighted by Crippen LogP contribution is -1.94. The molecule has 0 atom stereocenters. The Morgan fingerprint density at radius 3 is 1.42 bits per heavy atom. The fraction of sp³-hybridized carbons (Fsp3) is 0. The number of thiophene rings is 1. The number of para-hydroxylation sites is 2. The third-order valence-corrected chi connectivity index (χ3v) is 12.9. The van der Waals surface area contributed by atoms with E-state index in [0.717, 1.165) is 5.69 Å². The number of hydrogen-bond acceptors (Lipinski definition) is 1. The molecule has 0 amide bonds. The van der Waals surface area contributed by atoms with Crippen molar-refractivity contribution in [3.8, 4) is 44.8 Å². The van der Waals surface area contributed by atoms with Gasteiger partial charge in [0.15, 0.2) is 0 Å². The van der Waals surface area contributed by atoms with Gasteiger partial charge in [0.1, 0.15) is 0 Å². The van der Waals surface area contributed by atoms with Gasteiger partial charge in [-0.1, -0.05) is 146 Å². The van der Waals surface area contributed by atoms with Gasteiger partial charge in [0.25, 0.3) is 0 Å². The predicted octanol–water partition coefficient (Wildman–Crippen LogP) is 15.2. The highest BCUT2D eigenvalue weighted by Gasteiger charge is 2.18. The second kappa shape index (κ2) is 12.7. The maximum Gasteiger partial charge on any atom is 0.0634 e. The van der Waals surface area contributed by atoms with Crippen molar-refractivity contribution in [1.29, 1.82) is 0 Å². The van der Waals surface area contributed by atoms with Crippen LogP contribution in [0, 0.1) is 0 Å². The summed E-state index contributed by atoms with van der Waals surface area (Å²) >= 11 is 1.88. The molecule has 12 rings (SSSR count). The van der Waals surface area contributed by atoms with E-state index < -0.39 is 0 Å². The van der Waals surface area contributed by atoms with Crippen LogP contribution >= 0.6 is 11.3 Å². The number of benzene rings is 9. The molecule has 0 aliphatic heterocycles. The highest BCUT2D eigenvalue weighted by Crippen LogP contribution is 2.43. The first-order valence-corrected chi connectivity index (χ1v) is 20.3. The summed E-state index contributed by atoms with van der Waals surface area (Å²) in [6.45, 7) is 0. The summed E-state index contributed by atoms with van der Waals surface area (Å²) in [7, 11) is 0. The van der Waals surface area contributed by atoms with Gasteiger partial charge >= 0.3 is 0 Å². The van der Waals surface area contributed by atoms with Crippen LogP contribution in [0.25, 0.3) is 109 Å². The van der Waals surface area contributed by atoms with Crippen molar-refractivity contribution in [3.05, 3.63) is 206 Å². The Morgan fingerprint density at radius 2 is 0.754 bits per heavy atom. The van der Waals surface area contributed by atoms with E-state index >= 15 is 0 Å². The average Bonchev–Trinajstić information content (AvgIpc) is 3.94. The lowest BCUT2D eigenvalue weighted by Gasteiger charge is -2.11. The van der Waals surface area contributed by atoms with Gasteiger partial charge in [0.05, 0.1) is 22.1 Å². The van der Waals surface area contributed by atoms with E-state index in [2.05, 4.69) is 215 Å². The molecule has 266 valence electrons. The Hall–Kier alpha value is -7.20. The van der Waals surface area contributed by atoms with Gasteiger partial charge in [-0.3, -0.25) is 0 Å². The monoisotopic (exact) mass is 742 g/mol. The summed E-state index contributed by atoms with van der Waals surface area (Å²) in [4.78, 5) is 0. The Labute approximate surface area is 333 Å². The number of aromatic nitrogens is 2. The second-order valence-corrected chi connectivity index (χ2v) is 16.0. The molecule has 9 aromatic carbocycles. The minimum atomic E-state index is 1.16. The zero-order valence-corrected chi connectivity index (χ0v) is 31.7. The molecule has 2 nitrogen and oxygen atoms in total. The van der Waals surface area contributed by atoms with Crippen LogP contribution in [0.2, 0.25) is 0 Å². The van der Waals surface area contributed by atoms with Crippen molar-refractivity contribution in [1.82, 2.24) is 9.13 Å². The Balaban J connectivity index is 0.872. The van der Waals surface area contributed by atoms with Crippen molar-refractivity contribution in [3.63, 3.8) is 0 Å². The molecule has 0 spiro atoms. The molecule has 3 heterocycles. The van der Waals surface area contributed by atoms with Crippen LogP contribution in [-0.4, -0.2) is 9.13 Å². The molecular formula is C54H34N2S. The van der Waals surface area contributed by atoms with Gasteiger partial charge in [0.2, 0.25) is 0 Å². The van der Waals surface area contributed by atoms with E-state index in [9.17, 15) is 0 Å². The molecule has 0 aliphatic carbocycles. The number of fused-ring (bicyclic) bond motifs is 10. The van der Waals surface area contributed by atoms with E-state index in [1.54, 1.807) is 0 Å². The van der Waals surface area contributed by atoms with E-state index in [4.69, 9.17) is 0 Å². The summed E-state index contributed by atoms with van der Waals surface area (Å²) in [5.41, 5.74) is 14.5. The van der Waals surface area contributed by atoms with Crippen LogP contribution in [0.1, 0.15) is 0 Å². The molecule has 0 radical (unpaired) electrons. The van der Waals surface area contributed by atoms with E-state index in [-0.39, 0.29) is 0 Å². The van der Waals surface area contributed by atoms with Crippen molar-refractivity contribution in [2.45, 2.75) is 0 Å². The molecule has 0 bridgehead atoms. The van der Waals surface area contributed by atoms with Crippen LogP contribution in [0.15, 0.2) is 206 Å². The predicted molar refractivity (Wildman–Crippen MR) is 244 cm³/mol. The van der Waals surface area contributed by atoms with E-state index in [1.807, 2.05) is 11.3 Å². The average molecular weight is 743 g/mol. The highest BCUT2D eigenvalue weighted by atomic mass is 32.1. The van der Waals surface area contributed by atoms with Crippen molar-refractivity contribution in [2.75, 3.05) is 0 Å². The highest BCUT2D eigenvalue weighted by molar-refractivity contribution is 7.26. The molecular weight excluding hydrogens is 709 g/mol. The third kappa shape index (κ3) is 5.03. The molecule has 0 aliphatic rings. The fourth-order valence-corrected chi connectivity index (χ4v) is 10.2. The van der Waals surface area contributed by atoms with Crippen molar-refractivity contribution >= 4 is 75.1 Å². The minimum Gasteiger partial charge on any atom is -0.309 e. The van der Waals surface area contributed by atoms with Crippen LogP contribution < -0.4 is 0 Å². The van der Waals surface area contributed by atoms with Crippen LogP contribution in [-0.2, 0) is 0 Å². The topological polar surface area (TPSA) is 9.86 Å². The summed E-state index contributed by atoms with van der Waals surface area (Å²) < 4.78 is 7.50. The van der Waals surface area contributed by atoms with Gasteiger partial charge in [-0.2, -0.15) is 0 Å². The molecule has 3 heteroatoms. The van der Waals surface area contributed by atoms with Gasteiger partial charge in [-0.25, -0.2) is 0 Å². The smallest absolute Gasteiger partial charge is 0.0634 e. The first kappa shape index (κ1) is 32.1. The Kier molecular flexibility index (Phi) is 7.13. The quantitative estimate of drug-likeness (QED) is 0.166. The Bertz CT molecular complexity index is 3470. The standard InChI is InChI=1S/C54H34N2S/c1-2-10-35(11-3-1)40-26-32-50-47(34-40)44-13-5-7-15-48(44)55(50)41-27-22-38(23-28-41)36-18-20-37(21-19-36)39-24-29-42(30-25-39)56-49-16-8-4-12-43(49)45-31-33-52-53(54(45)56)46-14-6-9-17-51(46)57-52/h1-34H. The van der Waals surface area contributed by atoms with Crippen molar-refractivity contribution < 1.29 is 0 Å². The summed E-state index contributed by atoms with van der Waals surface area (Å²) in [6.07, 6.45) is 0. The minimum absolute atomic E-state index is 1.16. The molecule has 57 heavy (non-hydrogen) atoms. The maximum absolute atomic E-state index is 2.46. The third-order valence-electron chi connectivity index (χ3n) is 11.8. The summed E-state index contributed by atoms with van der Waals surface area (Å²) in [6, 6.07) is 75.5. The van der Waals surface area contributed by atoms with Gasteiger partial charge in [0, 0.05) is 53.1 Å². The SMILES string of the molecule is c1ccc(-c2ccc3c(c2)c2ccccc2n3-c2ccc(-c3ccc(-c4ccc(-n5c6ccccc6c6ccc7sc8ccccc8c7c65)cc4)cc3)cc2)cc1. The summed E-state index contributed by atoms with van der Waals surface area (Å²) in [5, 5.41) is 7.77. The van der Waals surface area contributed by atoms with Crippen LogP contribution in [0.3, 0.4) is 0 Å². The Morgan fingerprint density at radius 1 is 0.281 bits per heavy atom. The molecule has 0 fully saturated rings. The number of hydrogen-bond donors (Lipinski definition) is 0. The van der Waals surface area contributed by atoms with Crippen LogP contribution in [0.5, 0.6) is 0 Å². The number of nitrogens with zero attached hydrogens (tertiary/aromatic N) is 2. The largest absolute Gasteiger partial charge is 0.309 e. The molecule has 0 saturated heterocycles. The van der Waals surface area contributed by atoms with Gasteiger partial charge in [-0.15, -0.1) is 11.3 Å². The maximum atomic E-state index is 2.46. The van der Waals surface area contributed by atoms with Crippen LogP contribution in [0.4, 0.5) is 0 Å².